The van der Waals surface area contributed by atoms with Crippen LogP contribution >= 0.6 is 23.2 Å². The quantitative estimate of drug-likeness (QED) is 0.751. The van der Waals surface area contributed by atoms with Crippen molar-refractivity contribution in [3.8, 4) is 17.1 Å². The number of halogens is 5. The summed E-state index contributed by atoms with van der Waals surface area (Å²) in [7, 11) is 0. The van der Waals surface area contributed by atoms with Gasteiger partial charge in [-0.05, 0) is 18.2 Å². The van der Waals surface area contributed by atoms with Gasteiger partial charge in [0.2, 0.25) is 5.88 Å². The monoisotopic (exact) mass is 366 g/mol. The van der Waals surface area contributed by atoms with Gasteiger partial charge < -0.3 is 15.6 Å². The third-order valence-electron chi connectivity index (χ3n) is 2.71. The van der Waals surface area contributed by atoms with Gasteiger partial charge in [0, 0.05) is 5.56 Å². The Bertz CT molecular complexity index is 782. The average Bonchev–Trinajstić information content (AvgIpc) is 2.42. The van der Waals surface area contributed by atoms with Crippen LogP contribution in [-0.4, -0.2) is 16.2 Å². The second-order valence-electron chi connectivity index (χ2n) is 4.28. The first-order valence-corrected chi connectivity index (χ1v) is 6.59. The fourth-order valence-corrected chi connectivity index (χ4v) is 2.13. The molecular formula is C13H7Cl2F3N2O3. The van der Waals surface area contributed by atoms with Gasteiger partial charge in [-0.2, -0.15) is 13.2 Å². The Balaban J connectivity index is 2.54. The lowest BCUT2D eigenvalue weighted by Gasteiger charge is -2.12. The van der Waals surface area contributed by atoms with Gasteiger partial charge in [-0.15, -0.1) is 0 Å². The van der Waals surface area contributed by atoms with Crippen LogP contribution in [0.15, 0.2) is 24.3 Å². The zero-order valence-electron chi connectivity index (χ0n) is 11.0. The molecule has 3 N–H and O–H groups in total. The smallest absolute Gasteiger partial charge is 0.449 e. The maximum absolute atomic E-state index is 12.6. The van der Waals surface area contributed by atoms with Crippen LogP contribution in [0.2, 0.25) is 10.0 Å². The lowest BCUT2D eigenvalue weighted by atomic mass is 10.1. The van der Waals surface area contributed by atoms with Crippen LogP contribution in [0, 0.1) is 0 Å². The van der Waals surface area contributed by atoms with Crippen LogP contribution < -0.4 is 10.5 Å². The van der Waals surface area contributed by atoms with Crippen molar-refractivity contribution in [1.82, 2.24) is 4.98 Å². The molecule has 0 saturated carbocycles. The van der Waals surface area contributed by atoms with Gasteiger partial charge in [0.25, 0.3) is 0 Å². The normalized spacial score (nSPS) is 11.3. The van der Waals surface area contributed by atoms with Crippen molar-refractivity contribution >= 4 is 35.0 Å². The highest BCUT2D eigenvalue weighted by molar-refractivity contribution is 6.35. The third-order valence-corrected chi connectivity index (χ3v) is 3.40. The summed E-state index contributed by atoms with van der Waals surface area (Å²) in [4.78, 5) is 14.4. The molecule has 0 radical (unpaired) electrons. The van der Waals surface area contributed by atoms with Gasteiger partial charge in [-0.1, -0.05) is 29.3 Å². The Morgan fingerprint density at radius 2 is 1.91 bits per heavy atom. The maximum atomic E-state index is 12.6. The van der Waals surface area contributed by atoms with E-state index in [9.17, 15) is 18.0 Å². The van der Waals surface area contributed by atoms with Gasteiger partial charge in [0.05, 0.1) is 22.0 Å². The number of hydrogen-bond donors (Lipinski definition) is 2. The molecule has 0 fully saturated rings. The van der Waals surface area contributed by atoms with Gasteiger partial charge in [-0.3, -0.25) is 0 Å². The molecule has 0 saturated heterocycles. The van der Waals surface area contributed by atoms with Crippen molar-refractivity contribution in [2.45, 2.75) is 6.18 Å². The highest BCUT2D eigenvalue weighted by Gasteiger charge is 2.31. The second kappa shape index (κ2) is 6.13. The number of alkyl halides is 3. The van der Waals surface area contributed by atoms with E-state index in [2.05, 4.69) is 9.72 Å². The molecule has 10 heteroatoms. The molecule has 0 aliphatic heterocycles. The number of ether oxygens (including phenoxy) is 1. The van der Waals surface area contributed by atoms with E-state index in [1.165, 1.54) is 6.07 Å². The van der Waals surface area contributed by atoms with E-state index in [-0.39, 0.29) is 27.0 Å². The number of nitrogens with zero attached hydrogens (tertiary/aromatic N) is 1. The summed E-state index contributed by atoms with van der Waals surface area (Å²) in [6.45, 7) is 0. The summed E-state index contributed by atoms with van der Waals surface area (Å²) in [5.74, 6) is -0.495. The molecule has 1 aromatic carbocycles. The minimum absolute atomic E-state index is 0.0156. The van der Waals surface area contributed by atoms with Crippen molar-refractivity contribution in [3.63, 3.8) is 0 Å². The SMILES string of the molecule is Nc1cc(-c2ccc(C(F)(F)F)cc2Cl)nc(OC(=O)O)c1Cl. The molecular weight excluding hydrogens is 360 g/mol. The van der Waals surface area contributed by atoms with Crippen LogP contribution in [-0.2, 0) is 6.18 Å². The van der Waals surface area contributed by atoms with Crippen LogP contribution in [0.1, 0.15) is 5.56 Å². The van der Waals surface area contributed by atoms with Gasteiger partial charge in [0.1, 0.15) is 5.02 Å². The summed E-state index contributed by atoms with van der Waals surface area (Å²) in [6.07, 6.45) is -6.22. The number of rotatable bonds is 2. The summed E-state index contributed by atoms with van der Waals surface area (Å²) in [5.41, 5.74) is 4.74. The van der Waals surface area contributed by atoms with Crippen LogP contribution in [0.4, 0.5) is 23.7 Å². The van der Waals surface area contributed by atoms with Crippen LogP contribution in [0.5, 0.6) is 5.88 Å². The van der Waals surface area contributed by atoms with Gasteiger partial charge in [-0.25, -0.2) is 9.78 Å². The Morgan fingerprint density at radius 3 is 2.43 bits per heavy atom. The topological polar surface area (TPSA) is 85.4 Å². The summed E-state index contributed by atoms with van der Waals surface area (Å²) in [6, 6.07) is 3.86. The molecule has 1 aromatic heterocycles. The maximum Gasteiger partial charge on any atom is 0.512 e. The Morgan fingerprint density at radius 1 is 1.26 bits per heavy atom. The molecule has 0 amide bonds. The number of pyridine rings is 1. The summed E-state index contributed by atoms with van der Waals surface area (Å²) < 4.78 is 42.3. The highest BCUT2D eigenvalue weighted by atomic mass is 35.5. The zero-order valence-corrected chi connectivity index (χ0v) is 12.5. The minimum atomic E-state index is -4.55. The van der Waals surface area contributed by atoms with E-state index < -0.39 is 23.8 Å². The van der Waals surface area contributed by atoms with Crippen molar-refractivity contribution in [3.05, 3.63) is 39.9 Å². The van der Waals surface area contributed by atoms with E-state index in [1.807, 2.05) is 0 Å². The fraction of sp³-hybridized carbons (Fsp3) is 0.0769. The molecule has 2 rings (SSSR count). The van der Waals surface area contributed by atoms with E-state index in [0.29, 0.717) is 0 Å². The highest BCUT2D eigenvalue weighted by Crippen LogP contribution is 2.38. The molecule has 23 heavy (non-hydrogen) atoms. The summed E-state index contributed by atoms with van der Waals surface area (Å²) >= 11 is 11.6. The van der Waals surface area contributed by atoms with Crippen molar-refractivity contribution in [2.24, 2.45) is 0 Å². The lowest BCUT2D eigenvalue weighted by molar-refractivity contribution is -0.137. The number of nitrogen functional groups attached to an aromatic ring is 1. The Kier molecular flexibility index (Phi) is 4.58. The molecule has 5 nitrogen and oxygen atoms in total. The Labute approximate surface area is 137 Å². The number of anilines is 1. The first kappa shape index (κ1) is 17.2. The number of hydrogen-bond acceptors (Lipinski definition) is 4. The molecule has 0 bridgehead atoms. The molecule has 0 spiro atoms. The van der Waals surface area contributed by atoms with Gasteiger partial charge in [0.15, 0.2) is 0 Å². The molecule has 0 unspecified atom stereocenters. The molecule has 0 atom stereocenters. The Hall–Kier alpha value is -2.19. The minimum Gasteiger partial charge on any atom is -0.449 e. The van der Waals surface area contributed by atoms with E-state index in [1.54, 1.807) is 0 Å². The van der Waals surface area contributed by atoms with E-state index >= 15 is 0 Å². The number of carbonyl (C=O) groups is 1. The fourth-order valence-electron chi connectivity index (χ4n) is 1.71. The number of carboxylic acid groups (broad SMARTS) is 1. The number of aromatic nitrogens is 1. The molecule has 2 aromatic rings. The molecule has 0 aliphatic rings. The second-order valence-corrected chi connectivity index (χ2v) is 5.06. The predicted molar refractivity (Wildman–Crippen MR) is 77.8 cm³/mol. The van der Waals surface area contributed by atoms with E-state index in [4.69, 9.17) is 34.0 Å². The van der Waals surface area contributed by atoms with E-state index in [0.717, 1.165) is 18.2 Å². The zero-order chi connectivity index (χ0) is 17.4. The molecule has 1 heterocycles. The average molecular weight is 367 g/mol. The predicted octanol–water partition coefficient (Wildman–Crippen LogP) is 4.71. The van der Waals surface area contributed by atoms with Gasteiger partial charge >= 0.3 is 12.3 Å². The first-order valence-electron chi connectivity index (χ1n) is 5.83. The summed E-state index contributed by atoms with van der Waals surface area (Å²) in [5, 5.41) is 8.13. The number of nitrogens with two attached hydrogens (primary N) is 1. The third kappa shape index (κ3) is 3.77. The van der Waals surface area contributed by atoms with Crippen molar-refractivity contribution in [2.75, 3.05) is 5.73 Å². The van der Waals surface area contributed by atoms with Crippen LogP contribution in [0.25, 0.3) is 11.3 Å². The number of benzene rings is 1. The van der Waals surface area contributed by atoms with Crippen molar-refractivity contribution < 1.29 is 27.8 Å². The lowest BCUT2D eigenvalue weighted by Crippen LogP contribution is -2.07. The molecule has 122 valence electrons. The largest absolute Gasteiger partial charge is 0.512 e. The van der Waals surface area contributed by atoms with Crippen LogP contribution in [0.3, 0.4) is 0 Å². The molecule has 0 aliphatic carbocycles. The first-order chi connectivity index (χ1) is 10.6. The standard InChI is InChI=1S/C13H7Cl2F3N2O3/c14-7-3-5(13(16,17)18)1-2-6(7)9-4-8(19)10(15)11(20-9)23-12(21)22/h1-4H,(H2,19,20)(H,21,22). The van der Waals surface area contributed by atoms with Crippen molar-refractivity contribution in [1.29, 1.82) is 0 Å².